The van der Waals surface area contributed by atoms with E-state index in [0.717, 1.165) is 12.5 Å². The molecule has 1 aromatic rings. The van der Waals surface area contributed by atoms with Gasteiger partial charge in [0, 0.05) is 25.0 Å². The molecule has 13 heavy (non-hydrogen) atoms. The van der Waals surface area contributed by atoms with Crippen LogP contribution in [-0.2, 0) is 6.54 Å². The van der Waals surface area contributed by atoms with Crippen molar-refractivity contribution in [1.82, 2.24) is 9.78 Å². The van der Waals surface area contributed by atoms with Crippen LogP contribution in [0.2, 0.25) is 0 Å². The van der Waals surface area contributed by atoms with E-state index in [9.17, 15) is 0 Å². The van der Waals surface area contributed by atoms with Crippen LogP contribution in [0.1, 0.15) is 25.7 Å². The molecular weight excluding hydrogens is 162 g/mol. The molecule has 3 heteroatoms. The molecule has 2 N–H and O–H groups in total. The second-order valence-electron chi connectivity index (χ2n) is 4.01. The van der Waals surface area contributed by atoms with Gasteiger partial charge in [-0.1, -0.05) is 0 Å². The molecule has 0 bridgehead atoms. The fourth-order valence-corrected chi connectivity index (χ4v) is 2.04. The van der Waals surface area contributed by atoms with Gasteiger partial charge in [-0.25, -0.2) is 0 Å². The highest BCUT2D eigenvalue weighted by Gasteiger charge is 2.18. The third-order valence-corrected chi connectivity index (χ3v) is 2.90. The molecule has 3 nitrogen and oxygen atoms in total. The van der Waals surface area contributed by atoms with Crippen molar-refractivity contribution in [3.63, 3.8) is 0 Å². The predicted molar refractivity (Wildman–Crippen MR) is 52.2 cm³/mol. The van der Waals surface area contributed by atoms with Crippen molar-refractivity contribution >= 4 is 0 Å². The lowest BCUT2D eigenvalue weighted by molar-refractivity contribution is 0.286. The van der Waals surface area contributed by atoms with Crippen LogP contribution < -0.4 is 5.73 Å². The Bertz CT molecular complexity index is 235. The van der Waals surface area contributed by atoms with Crippen LogP contribution in [-0.4, -0.2) is 15.8 Å². The Hall–Kier alpha value is -0.830. The smallest absolute Gasteiger partial charge is 0.0489 e. The lowest BCUT2D eigenvalue weighted by Crippen LogP contribution is -2.28. The van der Waals surface area contributed by atoms with Gasteiger partial charge >= 0.3 is 0 Å². The topological polar surface area (TPSA) is 43.8 Å². The average Bonchev–Trinajstić information content (AvgIpc) is 2.62. The Kier molecular flexibility index (Phi) is 2.64. The van der Waals surface area contributed by atoms with Crippen molar-refractivity contribution < 1.29 is 0 Å². The van der Waals surface area contributed by atoms with E-state index in [4.69, 9.17) is 5.73 Å². The predicted octanol–water partition coefficient (Wildman–Crippen LogP) is 1.40. The van der Waals surface area contributed by atoms with Gasteiger partial charge in [-0.2, -0.15) is 5.10 Å². The van der Waals surface area contributed by atoms with Gasteiger partial charge in [0.1, 0.15) is 0 Å². The van der Waals surface area contributed by atoms with E-state index in [1.54, 1.807) is 0 Å². The molecule has 0 unspecified atom stereocenters. The van der Waals surface area contributed by atoms with E-state index in [-0.39, 0.29) is 0 Å². The van der Waals surface area contributed by atoms with Crippen LogP contribution in [0.15, 0.2) is 18.5 Å². The molecule has 0 spiro atoms. The molecule has 1 saturated carbocycles. The minimum Gasteiger partial charge on any atom is -0.328 e. The monoisotopic (exact) mass is 179 g/mol. The van der Waals surface area contributed by atoms with Gasteiger partial charge in [0.15, 0.2) is 0 Å². The van der Waals surface area contributed by atoms with Crippen LogP contribution in [0.25, 0.3) is 0 Å². The summed E-state index contributed by atoms with van der Waals surface area (Å²) in [4.78, 5) is 0. The van der Waals surface area contributed by atoms with Crippen molar-refractivity contribution in [2.75, 3.05) is 0 Å². The fourth-order valence-electron chi connectivity index (χ4n) is 2.04. The lowest BCUT2D eigenvalue weighted by Gasteiger charge is -2.25. The first-order chi connectivity index (χ1) is 6.34. The summed E-state index contributed by atoms with van der Waals surface area (Å²) in [5, 5.41) is 4.21. The maximum absolute atomic E-state index is 5.85. The van der Waals surface area contributed by atoms with Gasteiger partial charge in [-0.15, -0.1) is 0 Å². The summed E-state index contributed by atoms with van der Waals surface area (Å²) in [5.41, 5.74) is 5.85. The zero-order valence-corrected chi connectivity index (χ0v) is 7.89. The highest BCUT2D eigenvalue weighted by Crippen LogP contribution is 2.24. The first kappa shape index (κ1) is 8.75. The molecular formula is C10H17N3. The Morgan fingerprint density at radius 2 is 2.08 bits per heavy atom. The molecule has 0 atom stereocenters. The minimum absolute atomic E-state index is 0.453. The Morgan fingerprint density at radius 3 is 2.69 bits per heavy atom. The lowest BCUT2D eigenvalue weighted by atomic mass is 9.86. The van der Waals surface area contributed by atoms with Crippen molar-refractivity contribution in [3.8, 4) is 0 Å². The van der Waals surface area contributed by atoms with Gasteiger partial charge in [-0.05, 0) is 37.7 Å². The maximum Gasteiger partial charge on any atom is 0.0489 e. The molecule has 0 radical (unpaired) electrons. The molecule has 0 aliphatic heterocycles. The Balaban J connectivity index is 1.83. The average molecular weight is 179 g/mol. The summed E-state index contributed by atoms with van der Waals surface area (Å²) in [6.45, 7) is 1.07. The molecule has 0 amide bonds. The first-order valence-electron chi connectivity index (χ1n) is 5.07. The molecule has 1 heterocycles. The number of nitrogens with zero attached hydrogens (tertiary/aromatic N) is 2. The molecule has 72 valence electrons. The van der Waals surface area contributed by atoms with E-state index in [0.29, 0.717) is 6.04 Å². The van der Waals surface area contributed by atoms with Crippen LogP contribution in [0.3, 0.4) is 0 Å². The second kappa shape index (κ2) is 3.92. The fraction of sp³-hybridized carbons (Fsp3) is 0.700. The van der Waals surface area contributed by atoms with Crippen LogP contribution in [0.4, 0.5) is 0 Å². The molecule has 1 aliphatic rings. The summed E-state index contributed by atoms with van der Waals surface area (Å²) >= 11 is 0. The highest BCUT2D eigenvalue weighted by molar-refractivity contribution is 4.80. The van der Waals surface area contributed by atoms with Crippen LogP contribution in [0, 0.1) is 5.92 Å². The molecule has 1 aromatic heterocycles. The van der Waals surface area contributed by atoms with E-state index >= 15 is 0 Å². The minimum atomic E-state index is 0.453. The number of hydrogen-bond acceptors (Lipinski definition) is 2. The number of hydrogen-bond donors (Lipinski definition) is 1. The standard InChI is InChI=1S/C10H17N3/c11-10-4-2-9(3-5-10)8-13-7-1-6-12-13/h1,6-7,9-10H,2-5,8,11H2. The largest absolute Gasteiger partial charge is 0.328 e. The zero-order valence-electron chi connectivity index (χ0n) is 7.89. The highest BCUT2D eigenvalue weighted by atomic mass is 15.3. The second-order valence-corrected chi connectivity index (χ2v) is 4.01. The zero-order chi connectivity index (χ0) is 9.10. The SMILES string of the molecule is NC1CCC(Cn2cccn2)CC1. The van der Waals surface area contributed by atoms with E-state index < -0.39 is 0 Å². The van der Waals surface area contributed by atoms with Crippen molar-refractivity contribution in [1.29, 1.82) is 0 Å². The van der Waals surface area contributed by atoms with Gasteiger partial charge in [0.2, 0.25) is 0 Å². The summed E-state index contributed by atoms with van der Waals surface area (Å²) in [6.07, 6.45) is 8.78. The van der Waals surface area contributed by atoms with E-state index in [2.05, 4.69) is 5.10 Å². The van der Waals surface area contributed by atoms with Gasteiger partial charge < -0.3 is 5.73 Å². The van der Waals surface area contributed by atoms with Gasteiger partial charge in [0.05, 0.1) is 0 Å². The van der Waals surface area contributed by atoms with Crippen LogP contribution >= 0.6 is 0 Å². The molecule has 0 aromatic carbocycles. The summed E-state index contributed by atoms with van der Waals surface area (Å²) in [7, 11) is 0. The first-order valence-corrected chi connectivity index (χ1v) is 5.07. The molecule has 0 saturated heterocycles. The van der Waals surface area contributed by atoms with Crippen LogP contribution in [0.5, 0.6) is 0 Å². The third-order valence-electron chi connectivity index (χ3n) is 2.90. The van der Waals surface area contributed by atoms with E-state index in [1.807, 2.05) is 23.1 Å². The van der Waals surface area contributed by atoms with Crippen molar-refractivity contribution in [2.24, 2.45) is 11.7 Å². The number of rotatable bonds is 2. The summed E-state index contributed by atoms with van der Waals surface area (Å²) in [6, 6.07) is 2.43. The number of aromatic nitrogens is 2. The Morgan fingerprint density at radius 1 is 1.31 bits per heavy atom. The van der Waals surface area contributed by atoms with Crippen molar-refractivity contribution in [2.45, 2.75) is 38.3 Å². The van der Waals surface area contributed by atoms with Gasteiger partial charge in [0.25, 0.3) is 0 Å². The molecule has 2 rings (SSSR count). The Labute approximate surface area is 78.9 Å². The van der Waals surface area contributed by atoms with Gasteiger partial charge in [-0.3, -0.25) is 4.68 Å². The molecule has 1 fully saturated rings. The third kappa shape index (κ3) is 2.31. The normalized spacial score (nSPS) is 29.0. The molecule has 1 aliphatic carbocycles. The summed E-state index contributed by atoms with van der Waals surface area (Å²) in [5.74, 6) is 0.791. The van der Waals surface area contributed by atoms with E-state index in [1.165, 1.54) is 25.7 Å². The maximum atomic E-state index is 5.85. The van der Waals surface area contributed by atoms with Crippen molar-refractivity contribution in [3.05, 3.63) is 18.5 Å². The summed E-state index contributed by atoms with van der Waals surface area (Å²) < 4.78 is 2.03. The number of nitrogens with two attached hydrogens (primary N) is 1. The quantitative estimate of drug-likeness (QED) is 0.745.